The first kappa shape index (κ1) is 11.1. The second-order valence-electron chi connectivity index (χ2n) is 4.09. The normalized spacial score (nSPS) is 22.5. The van der Waals surface area contributed by atoms with Crippen LogP contribution >= 0.6 is 0 Å². The van der Waals surface area contributed by atoms with Crippen molar-refractivity contribution in [1.29, 1.82) is 0 Å². The van der Waals surface area contributed by atoms with E-state index in [4.69, 9.17) is 0 Å². The van der Waals surface area contributed by atoms with E-state index in [0.29, 0.717) is 12.8 Å². The number of rotatable bonds is 3. The molecule has 1 aliphatic rings. The molecule has 3 nitrogen and oxygen atoms in total. The number of ketones is 3. The summed E-state index contributed by atoms with van der Waals surface area (Å²) in [5, 5.41) is 0. The van der Waals surface area contributed by atoms with Crippen LogP contribution in [0.25, 0.3) is 0 Å². The smallest absolute Gasteiger partial charge is 0.140 e. The first-order valence-corrected chi connectivity index (χ1v) is 5.05. The Kier molecular flexibility index (Phi) is 3.55. The minimum Gasteiger partial charge on any atom is -0.300 e. The molecule has 0 N–H and O–H groups in total. The molecule has 0 aromatic rings. The van der Waals surface area contributed by atoms with Crippen LogP contribution in [0.3, 0.4) is 0 Å². The predicted molar refractivity (Wildman–Crippen MR) is 51.8 cm³/mol. The average molecular weight is 196 g/mol. The molecule has 0 amide bonds. The lowest BCUT2D eigenvalue weighted by molar-refractivity contribution is -0.134. The van der Waals surface area contributed by atoms with Gasteiger partial charge >= 0.3 is 0 Å². The minimum absolute atomic E-state index is 0.0359. The van der Waals surface area contributed by atoms with Gasteiger partial charge in [0.15, 0.2) is 0 Å². The largest absolute Gasteiger partial charge is 0.300 e. The van der Waals surface area contributed by atoms with E-state index in [0.717, 1.165) is 12.8 Å². The Balaban J connectivity index is 2.72. The van der Waals surface area contributed by atoms with Crippen LogP contribution in [0.1, 0.15) is 39.5 Å². The number of carbonyl (C=O) groups excluding carboxylic acids is 3. The molecule has 0 aliphatic heterocycles. The van der Waals surface area contributed by atoms with E-state index in [2.05, 4.69) is 0 Å². The second kappa shape index (κ2) is 4.49. The maximum absolute atomic E-state index is 11.3. The van der Waals surface area contributed by atoms with Crippen molar-refractivity contribution in [3.63, 3.8) is 0 Å². The van der Waals surface area contributed by atoms with Crippen molar-refractivity contribution in [3.05, 3.63) is 0 Å². The van der Waals surface area contributed by atoms with E-state index in [-0.39, 0.29) is 23.3 Å². The number of carbonyl (C=O) groups is 3. The van der Waals surface area contributed by atoms with Gasteiger partial charge < -0.3 is 0 Å². The molecule has 0 bridgehead atoms. The van der Waals surface area contributed by atoms with E-state index < -0.39 is 5.92 Å². The molecule has 0 aromatic carbocycles. The maximum atomic E-state index is 11.3. The molecule has 14 heavy (non-hydrogen) atoms. The van der Waals surface area contributed by atoms with Gasteiger partial charge in [0.25, 0.3) is 0 Å². The summed E-state index contributed by atoms with van der Waals surface area (Å²) in [6.45, 7) is 2.87. The van der Waals surface area contributed by atoms with Crippen LogP contribution in [0.2, 0.25) is 0 Å². The topological polar surface area (TPSA) is 51.2 Å². The molecule has 1 saturated carbocycles. The SMILES string of the molecule is CC(=O)C(C(C)=O)[C@@H]1CCCC(=O)C1. The molecule has 0 heterocycles. The fourth-order valence-electron chi connectivity index (χ4n) is 2.29. The number of hydrogen-bond acceptors (Lipinski definition) is 3. The van der Waals surface area contributed by atoms with Gasteiger partial charge in [0, 0.05) is 12.8 Å². The molecule has 1 rings (SSSR count). The summed E-state index contributed by atoms with van der Waals surface area (Å²) in [4.78, 5) is 33.7. The third kappa shape index (κ3) is 2.50. The molecule has 0 radical (unpaired) electrons. The second-order valence-corrected chi connectivity index (χ2v) is 4.09. The molecular weight excluding hydrogens is 180 g/mol. The summed E-state index contributed by atoms with van der Waals surface area (Å²) in [6.07, 6.45) is 2.67. The van der Waals surface area contributed by atoms with E-state index in [1.54, 1.807) is 0 Å². The average Bonchev–Trinajstić information content (AvgIpc) is 2.02. The molecule has 1 fully saturated rings. The van der Waals surface area contributed by atoms with E-state index >= 15 is 0 Å². The fourth-order valence-corrected chi connectivity index (χ4v) is 2.29. The van der Waals surface area contributed by atoms with Gasteiger partial charge in [-0.25, -0.2) is 0 Å². The highest BCUT2D eigenvalue weighted by molar-refractivity contribution is 6.01. The summed E-state index contributed by atoms with van der Waals surface area (Å²) < 4.78 is 0. The van der Waals surface area contributed by atoms with E-state index in [9.17, 15) is 14.4 Å². The summed E-state index contributed by atoms with van der Waals surface area (Å²) in [7, 11) is 0. The van der Waals surface area contributed by atoms with Gasteiger partial charge in [-0.3, -0.25) is 14.4 Å². The molecule has 1 atom stereocenters. The molecule has 0 aromatic heterocycles. The van der Waals surface area contributed by atoms with Crippen molar-refractivity contribution >= 4 is 17.3 Å². The lowest BCUT2D eigenvalue weighted by Gasteiger charge is -2.25. The van der Waals surface area contributed by atoms with Crippen LogP contribution in [0, 0.1) is 11.8 Å². The molecule has 3 heteroatoms. The molecule has 1 aliphatic carbocycles. The van der Waals surface area contributed by atoms with Gasteiger partial charge in [-0.15, -0.1) is 0 Å². The molecule has 0 spiro atoms. The quantitative estimate of drug-likeness (QED) is 0.643. The Morgan fingerprint density at radius 3 is 2.29 bits per heavy atom. The standard InChI is InChI=1S/C11H16O3/c1-7(12)11(8(2)13)9-4-3-5-10(14)6-9/h9,11H,3-6H2,1-2H3/t9-/m1/s1. The maximum Gasteiger partial charge on any atom is 0.140 e. The highest BCUT2D eigenvalue weighted by Crippen LogP contribution is 2.29. The Labute approximate surface area is 83.9 Å². The van der Waals surface area contributed by atoms with Gasteiger partial charge in [0.2, 0.25) is 0 Å². The van der Waals surface area contributed by atoms with Crippen LogP contribution < -0.4 is 0 Å². The predicted octanol–water partition coefficient (Wildman–Crippen LogP) is 1.54. The Morgan fingerprint density at radius 2 is 1.86 bits per heavy atom. The summed E-state index contributed by atoms with van der Waals surface area (Å²) in [5.74, 6) is -0.589. The van der Waals surface area contributed by atoms with Gasteiger partial charge in [0.1, 0.15) is 17.3 Å². The van der Waals surface area contributed by atoms with Crippen LogP contribution in [-0.2, 0) is 14.4 Å². The van der Waals surface area contributed by atoms with E-state index in [1.165, 1.54) is 13.8 Å². The monoisotopic (exact) mass is 196 g/mol. The first-order valence-electron chi connectivity index (χ1n) is 5.05. The Morgan fingerprint density at radius 1 is 1.29 bits per heavy atom. The van der Waals surface area contributed by atoms with Gasteiger partial charge in [-0.05, 0) is 32.6 Å². The molecule has 0 unspecified atom stereocenters. The van der Waals surface area contributed by atoms with Crippen LogP contribution in [0.4, 0.5) is 0 Å². The first-order chi connectivity index (χ1) is 6.52. The lowest BCUT2D eigenvalue weighted by Crippen LogP contribution is -2.32. The Hall–Kier alpha value is -0.990. The zero-order valence-electron chi connectivity index (χ0n) is 8.71. The van der Waals surface area contributed by atoms with Gasteiger partial charge in [0.05, 0.1) is 5.92 Å². The van der Waals surface area contributed by atoms with Crippen LogP contribution in [0.5, 0.6) is 0 Å². The summed E-state index contributed by atoms with van der Waals surface area (Å²) >= 11 is 0. The van der Waals surface area contributed by atoms with Crippen molar-refractivity contribution < 1.29 is 14.4 Å². The van der Waals surface area contributed by atoms with Gasteiger partial charge in [-0.2, -0.15) is 0 Å². The molecular formula is C11H16O3. The zero-order chi connectivity index (χ0) is 10.7. The van der Waals surface area contributed by atoms with Crippen molar-refractivity contribution in [3.8, 4) is 0 Å². The van der Waals surface area contributed by atoms with Crippen molar-refractivity contribution in [2.45, 2.75) is 39.5 Å². The van der Waals surface area contributed by atoms with Crippen LogP contribution in [0.15, 0.2) is 0 Å². The van der Waals surface area contributed by atoms with Crippen molar-refractivity contribution in [2.24, 2.45) is 11.8 Å². The minimum atomic E-state index is -0.542. The van der Waals surface area contributed by atoms with Crippen molar-refractivity contribution in [1.82, 2.24) is 0 Å². The summed E-state index contributed by atoms with van der Waals surface area (Å²) in [5.41, 5.74) is 0. The molecule has 0 saturated heterocycles. The zero-order valence-corrected chi connectivity index (χ0v) is 8.71. The number of Topliss-reactive ketones (excluding diaryl/α,β-unsaturated/α-hetero) is 3. The summed E-state index contributed by atoms with van der Waals surface area (Å²) in [6, 6.07) is 0. The van der Waals surface area contributed by atoms with E-state index in [1.807, 2.05) is 0 Å². The Bertz CT molecular complexity index is 254. The third-order valence-corrected chi connectivity index (χ3v) is 2.87. The number of hydrogen-bond donors (Lipinski definition) is 0. The third-order valence-electron chi connectivity index (χ3n) is 2.87. The van der Waals surface area contributed by atoms with Crippen LogP contribution in [-0.4, -0.2) is 17.3 Å². The lowest BCUT2D eigenvalue weighted by atomic mass is 9.76. The van der Waals surface area contributed by atoms with Crippen molar-refractivity contribution in [2.75, 3.05) is 0 Å². The molecule has 78 valence electrons. The highest BCUT2D eigenvalue weighted by Gasteiger charge is 2.32. The van der Waals surface area contributed by atoms with Gasteiger partial charge in [-0.1, -0.05) is 0 Å². The fraction of sp³-hybridized carbons (Fsp3) is 0.727. The highest BCUT2D eigenvalue weighted by atomic mass is 16.2.